The molecule has 0 saturated carbocycles. The van der Waals surface area contributed by atoms with Crippen molar-refractivity contribution in [3.05, 3.63) is 58.9 Å². The van der Waals surface area contributed by atoms with Gasteiger partial charge in [0.05, 0.1) is 32.4 Å². The number of rotatable bonds is 7. The monoisotopic (exact) mass is 370 g/mol. The van der Waals surface area contributed by atoms with Crippen molar-refractivity contribution in [2.75, 3.05) is 20.8 Å². The van der Waals surface area contributed by atoms with E-state index in [4.69, 9.17) is 14.7 Å². The third-order valence-corrected chi connectivity index (χ3v) is 3.83. The molecule has 0 atom stereocenters. The van der Waals surface area contributed by atoms with E-state index in [-0.39, 0.29) is 12.4 Å². The molecule has 0 radical (unpaired) electrons. The Balaban J connectivity index is 2.09. The number of hydrogen-bond acceptors (Lipinski definition) is 4. The summed E-state index contributed by atoms with van der Waals surface area (Å²) in [7, 11) is 3.17. The third kappa shape index (κ3) is 5.61. The van der Waals surface area contributed by atoms with Crippen LogP contribution in [-0.2, 0) is 13.1 Å². The SMILES string of the molecule is CCNC(=NCc1ccc(OC)c(OC)c1)NCc1cc(C#N)ccc1F. The second-order valence-electron chi connectivity index (χ2n) is 5.66. The van der Waals surface area contributed by atoms with Crippen molar-refractivity contribution in [2.24, 2.45) is 4.99 Å². The lowest BCUT2D eigenvalue weighted by Crippen LogP contribution is -2.37. The van der Waals surface area contributed by atoms with Crippen molar-refractivity contribution in [1.82, 2.24) is 10.6 Å². The molecule has 0 unspecified atom stereocenters. The van der Waals surface area contributed by atoms with Crippen molar-refractivity contribution in [1.29, 1.82) is 5.26 Å². The summed E-state index contributed by atoms with van der Waals surface area (Å²) in [4.78, 5) is 4.51. The van der Waals surface area contributed by atoms with E-state index in [1.807, 2.05) is 31.2 Å². The van der Waals surface area contributed by atoms with E-state index >= 15 is 0 Å². The number of nitrogens with zero attached hydrogens (tertiary/aromatic N) is 2. The highest BCUT2D eigenvalue weighted by Crippen LogP contribution is 2.27. The Morgan fingerprint density at radius 3 is 2.56 bits per heavy atom. The zero-order valence-corrected chi connectivity index (χ0v) is 15.7. The number of nitriles is 1. The van der Waals surface area contributed by atoms with Crippen molar-refractivity contribution >= 4 is 5.96 Å². The lowest BCUT2D eigenvalue weighted by Gasteiger charge is -2.13. The van der Waals surface area contributed by atoms with Gasteiger partial charge in [-0.25, -0.2) is 9.38 Å². The molecule has 2 aromatic carbocycles. The van der Waals surface area contributed by atoms with Gasteiger partial charge in [-0.3, -0.25) is 0 Å². The van der Waals surface area contributed by atoms with Crippen LogP contribution in [-0.4, -0.2) is 26.7 Å². The summed E-state index contributed by atoms with van der Waals surface area (Å²) in [5.41, 5.74) is 1.77. The molecular formula is C20H23FN4O2. The molecule has 0 aliphatic carbocycles. The molecule has 0 spiro atoms. The van der Waals surface area contributed by atoms with Gasteiger partial charge in [-0.1, -0.05) is 6.07 Å². The summed E-state index contributed by atoms with van der Waals surface area (Å²) in [6.45, 7) is 3.25. The van der Waals surface area contributed by atoms with Gasteiger partial charge in [0.2, 0.25) is 0 Å². The summed E-state index contributed by atoms with van der Waals surface area (Å²) in [6, 6.07) is 11.9. The van der Waals surface area contributed by atoms with Gasteiger partial charge in [0.25, 0.3) is 0 Å². The number of guanidine groups is 1. The lowest BCUT2D eigenvalue weighted by atomic mass is 10.1. The number of benzene rings is 2. The molecule has 2 aromatic rings. The maximum atomic E-state index is 13.9. The Hall–Kier alpha value is -3.27. The second kappa shape index (κ2) is 10.0. The van der Waals surface area contributed by atoms with Crippen LogP contribution in [0.4, 0.5) is 4.39 Å². The standard InChI is InChI=1S/C20H23FN4O2/c1-4-23-20(25-13-16-9-14(11-22)5-7-17(16)21)24-12-15-6-8-18(26-2)19(10-15)27-3/h5-10H,4,12-13H2,1-3H3,(H2,23,24,25). The number of ether oxygens (including phenoxy) is 2. The van der Waals surface area contributed by atoms with Gasteiger partial charge in [-0.2, -0.15) is 5.26 Å². The number of hydrogen-bond donors (Lipinski definition) is 2. The van der Waals surface area contributed by atoms with Crippen LogP contribution in [0, 0.1) is 17.1 Å². The molecule has 0 amide bonds. The van der Waals surface area contributed by atoms with Crippen molar-refractivity contribution in [2.45, 2.75) is 20.0 Å². The van der Waals surface area contributed by atoms with Crippen LogP contribution in [0.15, 0.2) is 41.4 Å². The highest BCUT2D eigenvalue weighted by Gasteiger charge is 2.07. The van der Waals surface area contributed by atoms with Crippen LogP contribution in [0.5, 0.6) is 11.5 Å². The maximum Gasteiger partial charge on any atom is 0.191 e. The summed E-state index contributed by atoms with van der Waals surface area (Å²) in [5, 5.41) is 15.2. The predicted molar refractivity (Wildman–Crippen MR) is 102 cm³/mol. The smallest absolute Gasteiger partial charge is 0.191 e. The van der Waals surface area contributed by atoms with E-state index in [1.54, 1.807) is 14.2 Å². The lowest BCUT2D eigenvalue weighted by molar-refractivity contribution is 0.354. The quantitative estimate of drug-likeness (QED) is 0.579. The highest BCUT2D eigenvalue weighted by molar-refractivity contribution is 5.79. The molecule has 0 heterocycles. The van der Waals surface area contributed by atoms with Crippen LogP contribution >= 0.6 is 0 Å². The Bertz CT molecular complexity index is 846. The van der Waals surface area contributed by atoms with E-state index in [0.29, 0.717) is 41.7 Å². The first kappa shape index (κ1) is 20.0. The molecule has 0 aliphatic rings. The Morgan fingerprint density at radius 2 is 1.89 bits per heavy atom. The van der Waals surface area contributed by atoms with E-state index in [1.165, 1.54) is 18.2 Å². The van der Waals surface area contributed by atoms with Crippen LogP contribution < -0.4 is 20.1 Å². The fourth-order valence-corrected chi connectivity index (χ4v) is 2.45. The van der Waals surface area contributed by atoms with E-state index in [2.05, 4.69) is 15.6 Å². The Labute approximate surface area is 158 Å². The molecule has 0 bridgehead atoms. The third-order valence-electron chi connectivity index (χ3n) is 3.83. The van der Waals surface area contributed by atoms with Gasteiger partial charge in [-0.15, -0.1) is 0 Å². The van der Waals surface area contributed by atoms with E-state index in [0.717, 1.165) is 5.56 Å². The Kier molecular flexibility index (Phi) is 7.44. The van der Waals surface area contributed by atoms with Crippen LogP contribution in [0.3, 0.4) is 0 Å². The fourth-order valence-electron chi connectivity index (χ4n) is 2.45. The number of methoxy groups -OCH3 is 2. The van der Waals surface area contributed by atoms with Crippen molar-refractivity contribution < 1.29 is 13.9 Å². The summed E-state index contributed by atoms with van der Waals surface area (Å²) in [6.07, 6.45) is 0. The first-order valence-corrected chi connectivity index (χ1v) is 8.52. The highest BCUT2D eigenvalue weighted by atomic mass is 19.1. The molecule has 0 fully saturated rings. The minimum absolute atomic E-state index is 0.221. The van der Waals surface area contributed by atoms with Gasteiger partial charge in [0.15, 0.2) is 17.5 Å². The molecule has 142 valence electrons. The number of nitrogens with one attached hydrogen (secondary N) is 2. The number of aliphatic imine (C=N–C) groups is 1. The largest absolute Gasteiger partial charge is 0.493 e. The molecule has 0 aliphatic heterocycles. The fraction of sp³-hybridized carbons (Fsp3) is 0.300. The van der Waals surface area contributed by atoms with Gasteiger partial charge in [0.1, 0.15) is 5.82 Å². The van der Waals surface area contributed by atoms with Crippen LogP contribution in [0.1, 0.15) is 23.6 Å². The summed E-state index contributed by atoms with van der Waals surface area (Å²) in [5.74, 6) is 1.48. The van der Waals surface area contributed by atoms with Crippen LogP contribution in [0.2, 0.25) is 0 Å². The number of halogens is 1. The average molecular weight is 370 g/mol. The molecule has 27 heavy (non-hydrogen) atoms. The minimum atomic E-state index is -0.364. The molecule has 2 N–H and O–H groups in total. The molecule has 7 heteroatoms. The van der Waals surface area contributed by atoms with Crippen molar-refractivity contribution in [3.8, 4) is 17.6 Å². The van der Waals surface area contributed by atoms with E-state index in [9.17, 15) is 4.39 Å². The van der Waals surface area contributed by atoms with Crippen LogP contribution in [0.25, 0.3) is 0 Å². The average Bonchev–Trinajstić information content (AvgIpc) is 2.70. The van der Waals surface area contributed by atoms with Gasteiger partial charge in [0, 0.05) is 18.7 Å². The Morgan fingerprint density at radius 1 is 1.11 bits per heavy atom. The molecular weight excluding hydrogens is 347 g/mol. The zero-order valence-electron chi connectivity index (χ0n) is 15.7. The molecule has 0 aromatic heterocycles. The topological polar surface area (TPSA) is 78.7 Å². The summed E-state index contributed by atoms with van der Waals surface area (Å²) < 4.78 is 24.4. The molecule has 6 nitrogen and oxygen atoms in total. The van der Waals surface area contributed by atoms with Crippen molar-refractivity contribution in [3.63, 3.8) is 0 Å². The summed E-state index contributed by atoms with van der Waals surface area (Å²) >= 11 is 0. The van der Waals surface area contributed by atoms with Gasteiger partial charge < -0.3 is 20.1 Å². The molecule has 2 rings (SSSR count). The van der Waals surface area contributed by atoms with Gasteiger partial charge in [-0.05, 0) is 42.8 Å². The maximum absolute atomic E-state index is 13.9. The first-order chi connectivity index (χ1) is 13.1. The van der Waals surface area contributed by atoms with Gasteiger partial charge >= 0.3 is 0 Å². The normalized spacial score (nSPS) is 10.9. The predicted octanol–water partition coefficient (Wildman–Crippen LogP) is 2.97. The first-order valence-electron chi connectivity index (χ1n) is 8.52. The molecule has 0 saturated heterocycles. The van der Waals surface area contributed by atoms with E-state index < -0.39 is 0 Å². The second-order valence-corrected chi connectivity index (χ2v) is 5.66. The zero-order chi connectivity index (χ0) is 19.6. The minimum Gasteiger partial charge on any atom is -0.493 e.